The van der Waals surface area contributed by atoms with Gasteiger partial charge in [0, 0.05) is 38.9 Å². The summed E-state index contributed by atoms with van der Waals surface area (Å²) in [6.07, 6.45) is 1.26. The summed E-state index contributed by atoms with van der Waals surface area (Å²) in [6, 6.07) is 3.63. The van der Waals surface area contributed by atoms with Gasteiger partial charge >= 0.3 is 5.97 Å². The van der Waals surface area contributed by atoms with E-state index in [9.17, 15) is 9.59 Å². The molecule has 142 valence electrons. The van der Waals surface area contributed by atoms with Crippen LogP contribution in [0.25, 0.3) is 11.1 Å². The molecule has 0 radical (unpaired) electrons. The van der Waals surface area contributed by atoms with Crippen LogP contribution >= 0.6 is 15.9 Å². The van der Waals surface area contributed by atoms with Crippen molar-refractivity contribution >= 4 is 38.9 Å². The number of nitrogens with zero attached hydrogens (tertiary/aromatic N) is 2. The number of halogens is 1. The maximum Gasteiger partial charge on any atom is 0.309 e. The number of hydrogen-bond acceptors (Lipinski definition) is 5. The molecule has 2 aromatic heterocycles. The predicted molar refractivity (Wildman–Crippen MR) is 99.0 cm³/mol. The molecule has 0 aliphatic carbocycles. The van der Waals surface area contributed by atoms with Crippen molar-refractivity contribution in [2.75, 3.05) is 33.4 Å². The highest BCUT2D eigenvalue weighted by atomic mass is 79.9. The number of carbonyl (C=O) groups is 2. The van der Waals surface area contributed by atoms with Gasteiger partial charge in [-0.25, -0.2) is 0 Å². The lowest BCUT2D eigenvalue weighted by Crippen LogP contribution is -2.41. The molecule has 8 heteroatoms. The van der Waals surface area contributed by atoms with Gasteiger partial charge in [0.25, 0.3) is 5.91 Å². The second-order valence-electron chi connectivity index (χ2n) is 6.29. The van der Waals surface area contributed by atoms with Crippen molar-refractivity contribution in [1.82, 2.24) is 9.47 Å². The number of aromatic nitrogens is 1. The largest absolute Gasteiger partial charge is 0.466 e. The lowest BCUT2D eigenvalue weighted by Gasteiger charge is -2.31. The summed E-state index contributed by atoms with van der Waals surface area (Å²) >= 11 is 3.33. The Balaban J connectivity index is 1.75. The van der Waals surface area contributed by atoms with Gasteiger partial charge in [-0.2, -0.15) is 0 Å². The van der Waals surface area contributed by atoms with E-state index < -0.39 is 0 Å². The van der Waals surface area contributed by atoms with Crippen molar-refractivity contribution < 1.29 is 23.5 Å². The van der Waals surface area contributed by atoms with Crippen molar-refractivity contribution in [3.05, 3.63) is 22.5 Å². The number of likely N-dealkylation sites (tertiary alicyclic amines) is 1. The molecule has 0 aromatic carbocycles. The Bertz CT molecular complexity index is 789. The fourth-order valence-electron chi connectivity index (χ4n) is 3.35. The van der Waals surface area contributed by atoms with Crippen LogP contribution in [-0.4, -0.2) is 54.8 Å². The first-order valence-electron chi connectivity index (χ1n) is 8.78. The molecule has 0 unspecified atom stereocenters. The molecule has 1 amide bonds. The zero-order chi connectivity index (χ0) is 18.7. The van der Waals surface area contributed by atoms with E-state index in [0.29, 0.717) is 61.6 Å². The molecule has 0 atom stereocenters. The fourth-order valence-corrected chi connectivity index (χ4v) is 3.74. The maximum absolute atomic E-state index is 13.0. The Hall–Kier alpha value is -1.80. The monoisotopic (exact) mass is 426 g/mol. The topological polar surface area (TPSA) is 73.9 Å². The summed E-state index contributed by atoms with van der Waals surface area (Å²) in [5, 5.41) is 0. The number of fused-ring (bicyclic) bond motifs is 1. The Morgan fingerprint density at radius 1 is 1.31 bits per heavy atom. The third-order valence-electron chi connectivity index (χ3n) is 4.70. The standard InChI is InChI=1S/C18H23BrN2O5/c1-3-25-18(23)12-4-6-20(7-5-12)17(22)14-10-15-13(11-16(19)26-15)21(14)8-9-24-2/h10-12H,3-9H2,1-2H3. The molecule has 3 heterocycles. The smallest absolute Gasteiger partial charge is 0.309 e. The summed E-state index contributed by atoms with van der Waals surface area (Å²) in [4.78, 5) is 26.7. The number of piperidine rings is 1. The molecule has 0 N–H and O–H groups in total. The van der Waals surface area contributed by atoms with Crippen molar-refractivity contribution in [3.8, 4) is 0 Å². The van der Waals surface area contributed by atoms with Gasteiger partial charge in [-0.1, -0.05) is 0 Å². The Labute approximate surface area is 160 Å². The Morgan fingerprint density at radius 3 is 2.69 bits per heavy atom. The fraction of sp³-hybridized carbons (Fsp3) is 0.556. The number of amides is 1. The Kier molecular flexibility index (Phi) is 6.03. The molecule has 0 bridgehead atoms. The van der Waals surface area contributed by atoms with Crippen molar-refractivity contribution in [2.24, 2.45) is 5.92 Å². The minimum atomic E-state index is -0.162. The highest BCUT2D eigenvalue weighted by Gasteiger charge is 2.30. The van der Waals surface area contributed by atoms with Gasteiger partial charge in [0.2, 0.25) is 0 Å². The first-order chi connectivity index (χ1) is 12.5. The lowest BCUT2D eigenvalue weighted by atomic mass is 9.97. The Morgan fingerprint density at radius 2 is 2.04 bits per heavy atom. The molecular formula is C18H23BrN2O5. The molecule has 26 heavy (non-hydrogen) atoms. The third kappa shape index (κ3) is 3.81. The van der Waals surface area contributed by atoms with Crippen LogP contribution < -0.4 is 0 Å². The summed E-state index contributed by atoms with van der Waals surface area (Å²) in [6.45, 7) is 4.34. The van der Waals surface area contributed by atoms with Crippen LogP contribution in [0, 0.1) is 5.92 Å². The molecule has 2 aromatic rings. The summed E-state index contributed by atoms with van der Waals surface area (Å²) in [5.74, 6) is -0.331. The molecular weight excluding hydrogens is 404 g/mol. The minimum absolute atomic E-state index is 0.0501. The molecule has 1 fully saturated rings. The van der Waals surface area contributed by atoms with E-state index in [1.807, 2.05) is 10.6 Å². The second-order valence-corrected chi connectivity index (χ2v) is 7.07. The molecule has 3 rings (SSSR count). The highest BCUT2D eigenvalue weighted by Crippen LogP contribution is 2.28. The minimum Gasteiger partial charge on any atom is -0.466 e. The lowest BCUT2D eigenvalue weighted by molar-refractivity contribution is -0.149. The van der Waals surface area contributed by atoms with Crippen molar-refractivity contribution in [3.63, 3.8) is 0 Å². The number of esters is 1. The van der Waals surface area contributed by atoms with Gasteiger partial charge in [-0.05, 0) is 35.7 Å². The van der Waals surface area contributed by atoms with E-state index in [4.69, 9.17) is 13.9 Å². The molecule has 1 saturated heterocycles. The second kappa shape index (κ2) is 8.26. The zero-order valence-electron chi connectivity index (χ0n) is 15.0. The van der Waals surface area contributed by atoms with E-state index in [1.165, 1.54) is 0 Å². The van der Waals surface area contributed by atoms with Crippen molar-refractivity contribution in [1.29, 1.82) is 0 Å². The summed E-state index contributed by atoms with van der Waals surface area (Å²) < 4.78 is 18.4. The number of rotatable bonds is 6. The predicted octanol–water partition coefficient (Wildman–Crippen LogP) is 3.06. The molecule has 0 spiro atoms. The van der Waals surface area contributed by atoms with Gasteiger partial charge in [0.1, 0.15) is 5.69 Å². The average molecular weight is 427 g/mol. The zero-order valence-corrected chi connectivity index (χ0v) is 16.6. The van der Waals surface area contributed by atoms with E-state index in [-0.39, 0.29) is 17.8 Å². The number of methoxy groups -OCH3 is 1. The van der Waals surface area contributed by atoms with E-state index in [0.717, 1.165) is 5.52 Å². The van der Waals surface area contributed by atoms with Gasteiger partial charge in [0.05, 0.1) is 24.6 Å². The number of hydrogen-bond donors (Lipinski definition) is 0. The van der Waals surface area contributed by atoms with E-state index in [1.54, 1.807) is 25.0 Å². The van der Waals surface area contributed by atoms with E-state index >= 15 is 0 Å². The number of furan rings is 1. The van der Waals surface area contributed by atoms with Crippen LogP contribution in [0.5, 0.6) is 0 Å². The number of carbonyl (C=O) groups excluding carboxylic acids is 2. The third-order valence-corrected chi connectivity index (χ3v) is 5.09. The van der Waals surface area contributed by atoms with Crippen LogP contribution in [0.15, 0.2) is 21.2 Å². The molecule has 1 aliphatic rings. The van der Waals surface area contributed by atoms with Crippen LogP contribution in [0.1, 0.15) is 30.3 Å². The van der Waals surface area contributed by atoms with Gasteiger partial charge in [-0.3, -0.25) is 9.59 Å². The van der Waals surface area contributed by atoms with Crippen LogP contribution in [-0.2, 0) is 20.8 Å². The van der Waals surface area contributed by atoms with Gasteiger partial charge in [0.15, 0.2) is 10.3 Å². The SMILES string of the molecule is CCOC(=O)C1CCN(C(=O)c2cc3oc(Br)cc3n2CCOC)CC1. The average Bonchev–Trinajstić information content (AvgIpc) is 3.16. The highest BCUT2D eigenvalue weighted by molar-refractivity contribution is 9.10. The van der Waals surface area contributed by atoms with Crippen molar-refractivity contribution in [2.45, 2.75) is 26.3 Å². The van der Waals surface area contributed by atoms with Gasteiger partial charge < -0.3 is 23.4 Å². The normalized spacial score (nSPS) is 15.6. The first kappa shape index (κ1) is 19.0. The first-order valence-corrected chi connectivity index (χ1v) is 9.57. The van der Waals surface area contributed by atoms with Gasteiger partial charge in [-0.15, -0.1) is 0 Å². The van der Waals surface area contributed by atoms with Crippen LogP contribution in [0.3, 0.4) is 0 Å². The van der Waals surface area contributed by atoms with Crippen LogP contribution in [0.2, 0.25) is 0 Å². The van der Waals surface area contributed by atoms with E-state index in [2.05, 4.69) is 15.9 Å². The maximum atomic E-state index is 13.0. The summed E-state index contributed by atoms with van der Waals surface area (Å²) in [5.41, 5.74) is 2.11. The quantitative estimate of drug-likeness (QED) is 0.663. The summed E-state index contributed by atoms with van der Waals surface area (Å²) in [7, 11) is 1.63. The molecule has 0 saturated carbocycles. The number of ether oxygens (including phenoxy) is 2. The molecule has 1 aliphatic heterocycles. The van der Waals surface area contributed by atoms with Crippen LogP contribution in [0.4, 0.5) is 0 Å². The molecule has 7 nitrogen and oxygen atoms in total.